The number of hydrogen-bond acceptors (Lipinski definition) is 6. The second kappa shape index (κ2) is 6.25. The lowest BCUT2D eigenvalue weighted by atomic mass is 10.2. The van der Waals surface area contributed by atoms with E-state index in [0.717, 1.165) is 5.39 Å². The Morgan fingerprint density at radius 3 is 2.46 bits per heavy atom. The fourth-order valence-electron chi connectivity index (χ4n) is 2.23. The van der Waals surface area contributed by atoms with Crippen molar-refractivity contribution in [2.75, 3.05) is 0 Å². The van der Waals surface area contributed by atoms with Crippen molar-refractivity contribution in [2.45, 2.75) is 5.75 Å². The molecule has 0 bridgehead atoms. The molecule has 3 aromatic rings. The molecule has 0 aliphatic carbocycles. The van der Waals surface area contributed by atoms with Crippen LogP contribution in [0.15, 0.2) is 60.8 Å². The molecule has 1 aromatic heterocycles. The van der Waals surface area contributed by atoms with Gasteiger partial charge in [0.05, 0.1) is 4.92 Å². The monoisotopic (exact) mass is 344 g/mol. The normalized spacial score (nSPS) is 11.3. The highest BCUT2D eigenvalue weighted by molar-refractivity contribution is 7.86. The van der Waals surface area contributed by atoms with Crippen molar-refractivity contribution in [3.63, 3.8) is 0 Å². The lowest BCUT2D eigenvalue weighted by molar-refractivity contribution is -0.384. The Hall–Kier alpha value is -3.00. The molecule has 122 valence electrons. The average molecular weight is 344 g/mol. The van der Waals surface area contributed by atoms with Gasteiger partial charge >= 0.3 is 10.1 Å². The third-order valence-corrected chi connectivity index (χ3v) is 4.42. The lowest BCUT2D eigenvalue weighted by Gasteiger charge is -2.09. The number of hydrogen-bond donors (Lipinski definition) is 0. The van der Waals surface area contributed by atoms with Gasteiger partial charge < -0.3 is 4.18 Å². The van der Waals surface area contributed by atoms with Gasteiger partial charge in [0, 0.05) is 23.7 Å². The van der Waals surface area contributed by atoms with Crippen LogP contribution in [0.25, 0.3) is 10.9 Å². The maximum absolute atomic E-state index is 12.2. The topological polar surface area (TPSA) is 99.4 Å². The second-order valence-electron chi connectivity index (χ2n) is 5.04. The van der Waals surface area contributed by atoms with Crippen LogP contribution in [0.3, 0.4) is 0 Å². The number of fused-ring (bicyclic) bond motifs is 1. The summed E-state index contributed by atoms with van der Waals surface area (Å²) in [6.07, 6.45) is 1.55. The molecule has 0 aliphatic heterocycles. The average Bonchev–Trinajstić information content (AvgIpc) is 2.55. The van der Waals surface area contributed by atoms with Crippen molar-refractivity contribution in [1.29, 1.82) is 0 Å². The fourth-order valence-corrected chi connectivity index (χ4v) is 3.30. The molecule has 0 atom stereocenters. The molecule has 1 heterocycles. The Balaban J connectivity index is 1.84. The number of rotatable bonds is 5. The quantitative estimate of drug-likeness (QED) is 0.401. The van der Waals surface area contributed by atoms with Crippen LogP contribution in [-0.4, -0.2) is 18.3 Å². The van der Waals surface area contributed by atoms with Crippen molar-refractivity contribution < 1.29 is 17.5 Å². The molecule has 2 aromatic carbocycles. The molecule has 0 saturated heterocycles. The smallest absolute Gasteiger partial charge is 0.313 e. The molecule has 0 fully saturated rings. The number of nitrogens with zero attached hydrogens (tertiary/aromatic N) is 2. The maximum atomic E-state index is 12.2. The van der Waals surface area contributed by atoms with Crippen LogP contribution in [0.2, 0.25) is 0 Å². The molecule has 8 heteroatoms. The highest BCUT2D eigenvalue weighted by Gasteiger charge is 2.17. The predicted molar refractivity (Wildman–Crippen MR) is 88.1 cm³/mol. The van der Waals surface area contributed by atoms with Gasteiger partial charge in [-0.05, 0) is 17.7 Å². The van der Waals surface area contributed by atoms with Crippen molar-refractivity contribution in [2.24, 2.45) is 0 Å². The van der Waals surface area contributed by atoms with Gasteiger partial charge in [-0.2, -0.15) is 8.42 Å². The van der Waals surface area contributed by atoms with E-state index >= 15 is 0 Å². The summed E-state index contributed by atoms with van der Waals surface area (Å²) in [6.45, 7) is 0. The first-order valence-corrected chi connectivity index (χ1v) is 8.51. The van der Waals surface area contributed by atoms with E-state index in [0.29, 0.717) is 11.1 Å². The Kier molecular flexibility index (Phi) is 4.13. The van der Waals surface area contributed by atoms with Gasteiger partial charge in [0.2, 0.25) is 0 Å². The van der Waals surface area contributed by atoms with Gasteiger partial charge in [-0.25, -0.2) is 0 Å². The number of nitro benzene ring substituents is 1. The van der Waals surface area contributed by atoms with Crippen LogP contribution in [0, 0.1) is 10.1 Å². The van der Waals surface area contributed by atoms with Crippen LogP contribution in [0.1, 0.15) is 5.56 Å². The molecule has 0 radical (unpaired) electrons. The van der Waals surface area contributed by atoms with Gasteiger partial charge in [0.1, 0.15) is 11.3 Å². The zero-order valence-corrected chi connectivity index (χ0v) is 13.1. The minimum absolute atomic E-state index is 0.102. The van der Waals surface area contributed by atoms with Crippen LogP contribution >= 0.6 is 0 Å². The predicted octanol–water partition coefficient (Wildman–Crippen LogP) is 3.05. The summed E-state index contributed by atoms with van der Waals surface area (Å²) in [4.78, 5) is 14.2. The van der Waals surface area contributed by atoms with E-state index in [1.807, 2.05) is 0 Å². The third-order valence-electron chi connectivity index (χ3n) is 3.30. The molecule has 0 saturated carbocycles. The van der Waals surface area contributed by atoms with Crippen molar-refractivity contribution in [1.82, 2.24) is 4.98 Å². The minimum Gasteiger partial charge on any atom is -0.380 e. The highest BCUT2D eigenvalue weighted by atomic mass is 32.2. The van der Waals surface area contributed by atoms with E-state index in [-0.39, 0.29) is 11.4 Å². The van der Waals surface area contributed by atoms with Crippen molar-refractivity contribution in [3.8, 4) is 5.75 Å². The Bertz CT molecular complexity index is 995. The SMILES string of the molecule is O=[N+]([O-])c1ccc(CS(=O)(=O)Oc2cccc3cccnc23)cc1. The summed E-state index contributed by atoms with van der Waals surface area (Å²) in [5, 5.41) is 11.4. The van der Waals surface area contributed by atoms with Crippen molar-refractivity contribution >= 4 is 26.7 Å². The van der Waals surface area contributed by atoms with Gasteiger partial charge in [-0.15, -0.1) is 0 Å². The summed E-state index contributed by atoms with van der Waals surface area (Å²) in [7, 11) is -3.92. The summed E-state index contributed by atoms with van der Waals surface area (Å²) >= 11 is 0. The van der Waals surface area contributed by atoms with Crippen LogP contribution in [0.5, 0.6) is 5.75 Å². The first kappa shape index (κ1) is 15.9. The van der Waals surface area contributed by atoms with Crippen LogP contribution in [-0.2, 0) is 15.9 Å². The molecular formula is C16H12N2O5S. The molecular weight excluding hydrogens is 332 g/mol. The van der Waals surface area contributed by atoms with Gasteiger partial charge in [-0.3, -0.25) is 15.1 Å². The second-order valence-corrected chi connectivity index (χ2v) is 6.61. The minimum atomic E-state index is -3.92. The molecule has 0 aliphatic rings. The third kappa shape index (κ3) is 3.49. The number of nitro groups is 1. The molecule has 24 heavy (non-hydrogen) atoms. The molecule has 0 amide bonds. The van der Waals surface area contributed by atoms with Crippen molar-refractivity contribution in [3.05, 3.63) is 76.5 Å². The zero-order chi connectivity index (χ0) is 17.2. The molecule has 0 unspecified atom stereocenters. The van der Waals surface area contributed by atoms with Crippen LogP contribution < -0.4 is 4.18 Å². The van der Waals surface area contributed by atoms with E-state index in [1.54, 1.807) is 30.5 Å². The van der Waals surface area contributed by atoms with E-state index in [2.05, 4.69) is 4.98 Å². The van der Waals surface area contributed by atoms with Crippen LogP contribution in [0.4, 0.5) is 5.69 Å². The first-order valence-electron chi connectivity index (χ1n) is 6.94. The van der Waals surface area contributed by atoms with Gasteiger partial charge in [0.15, 0.2) is 5.75 Å². The summed E-state index contributed by atoms with van der Waals surface area (Å²) in [5.41, 5.74) is 0.747. The van der Waals surface area contributed by atoms with Gasteiger partial charge in [-0.1, -0.05) is 30.3 Å². The molecule has 3 rings (SSSR count). The number of aromatic nitrogens is 1. The molecule has 0 spiro atoms. The Morgan fingerprint density at radius 1 is 1.04 bits per heavy atom. The highest BCUT2D eigenvalue weighted by Crippen LogP contribution is 2.25. The largest absolute Gasteiger partial charge is 0.380 e. The molecule has 7 nitrogen and oxygen atoms in total. The summed E-state index contributed by atoms with van der Waals surface area (Å²) in [5.74, 6) is -0.246. The lowest BCUT2D eigenvalue weighted by Crippen LogP contribution is -2.12. The van der Waals surface area contributed by atoms with Gasteiger partial charge in [0.25, 0.3) is 5.69 Å². The fraction of sp³-hybridized carbons (Fsp3) is 0.0625. The number of para-hydroxylation sites is 1. The number of pyridine rings is 1. The number of benzene rings is 2. The zero-order valence-electron chi connectivity index (χ0n) is 12.3. The van der Waals surface area contributed by atoms with E-state index in [9.17, 15) is 18.5 Å². The Labute approximate surface area is 137 Å². The Morgan fingerprint density at radius 2 is 1.75 bits per heavy atom. The first-order chi connectivity index (χ1) is 11.4. The van der Waals surface area contributed by atoms with E-state index < -0.39 is 20.8 Å². The summed E-state index contributed by atoms with van der Waals surface area (Å²) < 4.78 is 29.7. The maximum Gasteiger partial charge on any atom is 0.313 e. The van der Waals surface area contributed by atoms with E-state index in [4.69, 9.17) is 4.18 Å². The summed E-state index contributed by atoms with van der Waals surface area (Å²) in [6, 6.07) is 13.9. The standard InChI is InChI=1S/C16H12N2O5S/c19-18(20)14-8-6-12(7-9-14)11-24(21,22)23-15-5-1-3-13-4-2-10-17-16(13)15/h1-10H,11H2. The number of non-ortho nitro benzene ring substituents is 1. The molecule has 0 N–H and O–H groups in total. The van der Waals surface area contributed by atoms with E-state index in [1.165, 1.54) is 30.3 Å².